The molecular formula is C23H40N2O2S. The molecule has 0 radical (unpaired) electrons. The third kappa shape index (κ3) is 19.5. The van der Waals surface area contributed by atoms with E-state index in [4.69, 9.17) is 5.26 Å². The van der Waals surface area contributed by atoms with Crippen LogP contribution < -0.4 is 5.32 Å². The van der Waals surface area contributed by atoms with Crippen molar-refractivity contribution < 1.29 is 9.59 Å². The van der Waals surface area contributed by atoms with Crippen molar-refractivity contribution in [3.8, 4) is 6.07 Å². The highest BCUT2D eigenvalue weighted by Crippen LogP contribution is 2.15. The number of ketones is 1. The fraction of sp³-hybridized carbons (Fsp3) is 0.783. The summed E-state index contributed by atoms with van der Waals surface area (Å²) in [7, 11) is 0. The smallest absolute Gasteiger partial charge is 0.244 e. The van der Waals surface area contributed by atoms with E-state index < -0.39 is 0 Å². The largest absolute Gasteiger partial charge is 0.353 e. The fourth-order valence-corrected chi connectivity index (χ4v) is 3.40. The van der Waals surface area contributed by atoms with Gasteiger partial charge in [0.25, 0.3) is 0 Å². The minimum atomic E-state index is -0.186. The first-order valence-electron chi connectivity index (χ1n) is 11.1. The average Bonchev–Trinajstić information content (AvgIpc) is 2.67. The van der Waals surface area contributed by atoms with Gasteiger partial charge in [-0.25, -0.2) is 0 Å². The number of nitriles is 1. The average molecular weight is 409 g/mol. The summed E-state index contributed by atoms with van der Waals surface area (Å²) in [6.07, 6.45) is 18.6. The van der Waals surface area contributed by atoms with Crippen molar-refractivity contribution in [2.24, 2.45) is 0 Å². The number of nitrogens with one attached hydrogen (secondary N) is 1. The normalized spacial score (nSPS) is 12.0. The molecule has 0 heterocycles. The first-order valence-corrected chi connectivity index (χ1v) is 11.7. The molecule has 0 saturated heterocycles. The van der Waals surface area contributed by atoms with Gasteiger partial charge in [0.2, 0.25) is 5.91 Å². The molecule has 0 spiro atoms. The van der Waals surface area contributed by atoms with Crippen molar-refractivity contribution in [1.29, 1.82) is 5.26 Å². The van der Waals surface area contributed by atoms with Gasteiger partial charge in [0.05, 0.1) is 6.07 Å². The molecule has 0 aliphatic carbocycles. The topological polar surface area (TPSA) is 70.0 Å². The SMILES string of the molecule is CCCCCCCCNC(=O)C=CC(=O)CC(S)CCCCCCCCC#N. The van der Waals surface area contributed by atoms with Gasteiger partial charge in [0.15, 0.2) is 5.78 Å². The number of rotatable bonds is 19. The second kappa shape index (κ2) is 20.5. The molecule has 0 aromatic rings. The van der Waals surface area contributed by atoms with E-state index in [9.17, 15) is 9.59 Å². The van der Waals surface area contributed by atoms with E-state index in [-0.39, 0.29) is 16.9 Å². The summed E-state index contributed by atoms with van der Waals surface area (Å²) in [5, 5.41) is 11.4. The third-order valence-electron chi connectivity index (χ3n) is 4.76. The predicted octanol–water partition coefficient (Wildman–Crippen LogP) is 5.92. The number of allylic oxidation sites excluding steroid dienone is 1. The molecule has 1 unspecified atom stereocenters. The maximum atomic E-state index is 11.9. The van der Waals surface area contributed by atoms with Crippen LogP contribution in [0.2, 0.25) is 0 Å². The highest BCUT2D eigenvalue weighted by atomic mass is 32.1. The monoisotopic (exact) mass is 408 g/mol. The van der Waals surface area contributed by atoms with Crippen molar-refractivity contribution in [1.82, 2.24) is 5.32 Å². The first kappa shape index (κ1) is 26.7. The van der Waals surface area contributed by atoms with Crippen LogP contribution in [-0.2, 0) is 9.59 Å². The molecule has 5 heteroatoms. The minimum Gasteiger partial charge on any atom is -0.353 e. The minimum absolute atomic E-state index is 0.0359. The van der Waals surface area contributed by atoms with E-state index in [1.54, 1.807) is 0 Å². The zero-order chi connectivity index (χ0) is 20.9. The Morgan fingerprint density at radius 3 is 2.21 bits per heavy atom. The number of amides is 1. The molecule has 160 valence electrons. The molecule has 0 fully saturated rings. The van der Waals surface area contributed by atoms with Gasteiger partial charge in [-0.3, -0.25) is 9.59 Å². The number of thiol groups is 1. The molecular weight excluding hydrogens is 368 g/mol. The van der Waals surface area contributed by atoms with Crippen LogP contribution in [0.4, 0.5) is 0 Å². The number of unbranched alkanes of at least 4 members (excludes halogenated alkanes) is 11. The number of nitrogens with zero attached hydrogens (tertiary/aromatic N) is 1. The lowest BCUT2D eigenvalue weighted by molar-refractivity contribution is -0.118. The standard InChI is InChI=1S/C23H40N2O2S/c1-2-3-4-5-11-14-19-25-23(27)17-16-21(26)20-22(28)15-12-9-7-6-8-10-13-18-24/h16-17,22,28H,2-15,19-20H2,1H3,(H,25,27). The van der Waals surface area contributed by atoms with Crippen molar-refractivity contribution in [2.45, 2.75) is 108 Å². The molecule has 0 aliphatic rings. The highest BCUT2D eigenvalue weighted by molar-refractivity contribution is 7.81. The molecule has 0 aromatic heterocycles. The molecule has 1 amide bonds. The molecule has 0 saturated carbocycles. The lowest BCUT2D eigenvalue weighted by atomic mass is 10.0. The van der Waals surface area contributed by atoms with E-state index in [1.807, 2.05) is 0 Å². The van der Waals surface area contributed by atoms with Crippen LogP contribution >= 0.6 is 12.6 Å². The van der Waals surface area contributed by atoms with Crippen LogP contribution in [0.15, 0.2) is 12.2 Å². The van der Waals surface area contributed by atoms with E-state index in [0.717, 1.165) is 44.9 Å². The zero-order valence-electron chi connectivity index (χ0n) is 17.8. The second-order valence-electron chi connectivity index (χ2n) is 7.53. The van der Waals surface area contributed by atoms with Gasteiger partial charge in [-0.15, -0.1) is 0 Å². The van der Waals surface area contributed by atoms with Crippen LogP contribution in [0, 0.1) is 11.3 Å². The summed E-state index contributed by atoms with van der Waals surface area (Å²) in [5.74, 6) is -0.222. The summed E-state index contributed by atoms with van der Waals surface area (Å²) in [6, 6.07) is 2.17. The molecule has 0 aliphatic heterocycles. The van der Waals surface area contributed by atoms with Crippen LogP contribution in [0.1, 0.15) is 103 Å². The molecule has 1 N–H and O–H groups in total. The number of carbonyl (C=O) groups is 2. The predicted molar refractivity (Wildman–Crippen MR) is 120 cm³/mol. The summed E-state index contributed by atoms with van der Waals surface area (Å²) >= 11 is 4.50. The van der Waals surface area contributed by atoms with E-state index >= 15 is 0 Å². The van der Waals surface area contributed by atoms with Gasteiger partial charge in [0.1, 0.15) is 0 Å². The Hall–Kier alpha value is -1.28. The lowest BCUT2D eigenvalue weighted by Gasteiger charge is -2.08. The van der Waals surface area contributed by atoms with Gasteiger partial charge in [-0.05, 0) is 25.3 Å². The maximum absolute atomic E-state index is 11.9. The number of hydrogen-bond donors (Lipinski definition) is 2. The Morgan fingerprint density at radius 1 is 0.929 bits per heavy atom. The van der Waals surface area contributed by atoms with E-state index in [0.29, 0.717) is 19.4 Å². The van der Waals surface area contributed by atoms with Gasteiger partial charge >= 0.3 is 0 Å². The lowest BCUT2D eigenvalue weighted by Crippen LogP contribution is -2.22. The Labute approximate surface area is 177 Å². The van der Waals surface area contributed by atoms with Crippen LogP contribution in [0.3, 0.4) is 0 Å². The van der Waals surface area contributed by atoms with Crippen LogP contribution in [0.25, 0.3) is 0 Å². The number of carbonyl (C=O) groups excluding carboxylic acids is 2. The number of hydrogen-bond acceptors (Lipinski definition) is 4. The van der Waals surface area contributed by atoms with Crippen LogP contribution in [0.5, 0.6) is 0 Å². The maximum Gasteiger partial charge on any atom is 0.244 e. The Morgan fingerprint density at radius 2 is 1.54 bits per heavy atom. The summed E-state index contributed by atoms with van der Waals surface area (Å²) in [6.45, 7) is 2.88. The Balaban J connectivity index is 3.63. The molecule has 0 bridgehead atoms. The van der Waals surface area contributed by atoms with Crippen molar-refractivity contribution >= 4 is 24.3 Å². The molecule has 0 aromatic carbocycles. The van der Waals surface area contributed by atoms with E-state index in [2.05, 4.69) is 30.9 Å². The van der Waals surface area contributed by atoms with Gasteiger partial charge in [-0.2, -0.15) is 17.9 Å². The summed E-state index contributed by atoms with van der Waals surface area (Å²) < 4.78 is 0. The van der Waals surface area contributed by atoms with Gasteiger partial charge in [0, 0.05) is 30.7 Å². The summed E-state index contributed by atoms with van der Waals surface area (Å²) in [4.78, 5) is 23.6. The molecule has 4 nitrogen and oxygen atoms in total. The third-order valence-corrected chi connectivity index (χ3v) is 5.20. The molecule has 0 rings (SSSR count). The molecule has 1 atom stereocenters. The van der Waals surface area contributed by atoms with Crippen LogP contribution in [-0.4, -0.2) is 23.5 Å². The zero-order valence-corrected chi connectivity index (χ0v) is 18.7. The second-order valence-corrected chi connectivity index (χ2v) is 8.26. The Kier molecular flexibility index (Phi) is 19.5. The van der Waals surface area contributed by atoms with Crippen molar-refractivity contribution in [2.75, 3.05) is 6.54 Å². The van der Waals surface area contributed by atoms with E-state index in [1.165, 1.54) is 50.7 Å². The first-order chi connectivity index (χ1) is 13.6. The Bertz CT molecular complexity index is 472. The van der Waals surface area contributed by atoms with Gasteiger partial charge in [-0.1, -0.05) is 71.1 Å². The van der Waals surface area contributed by atoms with Crippen molar-refractivity contribution in [3.05, 3.63) is 12.2 Å². The molecule has 28 heavy (non-hydrogen) atoms. The van der Waals surface area contributed by atoms with Crippen molar-refractivity contribution in [3.63, 3.8) is 0 Å². The highest BCUT2D eigenvalue weighted by Gasteiger charge is 2.08. The van der Waals surface area contributed by atoms with Gasteiger partial charge < -0.3 is 5.32 Å². The fourth-order valence-electron chi connectivity index (χ4n) is 3.04. The quantitative estimate of drug-likeness (QED) is 0.158. The summed E-state index contributed by atoms with van der Waals surface area (Å²) in [5.41, 5.74) is 0.